The highest BCUT2D eigenvalue weighted by molar-refractivity contribution is 9.10. The highest BCUT2D eigenvalue weighted by Gasteiger charge is 2.21. The molecule has 0 saturated carbocycles. The monoisotopic (exact) mass is 283 g/mol. The summed E-state index contributed by atoms with van der Waals surface area (Å²) < 4.78 is 0.740. The zero-order chi connectivity index (χ0) is 11.5. The van der Waals surface area contributed by atoms with E-state index in [0.29, 0.717) is 5.82 Å². The molecule has 0 spiro atoms. The Kier molecular flexibility index (Phi) is 3.09. The lowest BCUT2D eigenvalue weighted by atomic mass is 10.0. The van der Waals surface area contributed by atoms with Gasteiger partial charge in [-0.05, 0) is 28.1 Å². The number of imidazole rings is 1. The Morgan fingerprint density at radius 1 is 1.62 bits per heavy atom. The van der Waals surface area contributed by atoms with Gasteiger partial charge >= 0.3 is 5.97 Å². The second kappa shape index (κ2) is 4.52. The number of rotatable bonds is 4. The topological polar surface area (TPSA) is 81.8 Å². The van der Waals surface area contributed by atoms with Crippen LogP contribution in [-0.2, 0) is 4.79 Å². The molecule has 16 heavy (non-hydrogen) atoms. The predicted molar refractivity (Wildman–Crippen MR) is 61.2 cm³/mol. The molecule has 6 heteroatoms. The summed E-state index contributed by atoms with van der Waals surface area (Å²) in [5.41, 5.74) is 0.837. The van der Waals surface area contributed by atoms with Gasteiger partial charge < -0.3 is 15.1 Å². The maximum atomic E-state index is 10.8. The van der Waals surface area contributed by atoms with Gasteiger partial charge in [-0.15, -0.1) is 0 Å². The van der Waals surface area contributed by atoms with E-state index in [4.69, 9.17) is 5.11 Å². The Labute approximate surface area is 100 Å². The van der Waals surface area contributed by atoms with Crippen molar-refractivity contribution in [3.63, 3.8) is 0 Å². The molecule has 0 aliphatic rings. The molecule has 0 aromatic carbocycles. The Morgan fingerprint density at radius 2 is 2.44 bits per heavy atom. The average Bonchev–Trinajstić information content (AvgIpc) is 2.84. The van der Waals surface area contributed by atoms with E-state index in [1.165, 1.54) is 0 Å². The van der Waals surface area contributed by atoms with Gasteiger partial charge in [-0.2, -0.15) is 0 Å². The first-order valence-corrected chi connectivity index (χ1v) is 5.51. The molecule has 3 N–H and O–H groups in total. The van der Waals surface area contributed by atoms with Gasteiger partial charge in [-0.1, -0.05) is 0 Å². The summed E-state index contributed by atoms with van der Waals surface area (Å²) >= 11 is 3.25. The van der Waals surface area contributed by atoms with Crippen LogP contribution in [0.5, 0.6) is 0 Å². The molecule has 1 atom stereocenters. The molecule has 0 amide bonds. The van der Waals surface area contributed by atoms with Crippen molar-refractivity contribution >= 4 is 21.9 Å². The standard InChI is InChI=1S/C10H10BrN3O2/c11-8-5-13-10(14-8)6(4-9(15)16)7-2-1-3-12-7/h1-3,5-6,12H,4H2,(H,13,14)(H,15,16). The van der Waals surface area contributed by atoms with Crippen LogP contribution >= 0.6 is 15.9 Å². The van der Waals surface area contributed by atoms with Crippen LogP contribution < -0.4 is 0 Å². The molecular weight excluding hydrogens is 274 g/mol. The van der Waals surface area contributed by atoms with Crippen molar-refractivity contribution in [3.05, 3.63) is 40.6 Å². The Balaban J connectivity index is 2.31. The number of halogens is 1. The van der Waals surface area contributed by atoms with E-state index >= 15 is 0 Å². The lowest BCUT2D eigenvalue weighted by Gasteiger charge is -2.10. The number of carbonyl (C=O) groups is 1. The van der Waals surface area contributed by atoms with Gasteiger partial charge in [-0.3, -0.25) is 4.79 Å². The lowest BCUT2D eigenvalue weighted by Crippen LogP contribution is -2.09. The van der Waals surface area contributed by atoms with Crippen molar-refractivity contribution in [3.8, 4) is 0 Å². The van der Waals surface area contributed by atoms with Crippen LogP contribution in [-0.4, -0.2) is 26.0 Å². The Bertz CT molecular complexity index is 478. The summed E-state index contributed by atoms with van der Waals surface area (Å²) in [6, 6.07) is 3.69. The van der Waals surface area contributed by atoms with Crippen molar-refractivity contribution in [1.82, 2.24) is 15.0 Å². The van der Waals surface area contributed by atoms with Crippen LogP contribution in [0.15, 0.2) is 29.1 Å². The number of hydrogen-bond acceptors (Lipinski definition) is 2. The zero-order valence-corrected chi connectivity index (χ0v) is 9.86. The van der Waals surface area contributed by atoms with Crippen LogP contribution in [0.3, 0.4) is 0 Å². The smallest absolute Gasteiger partial charge is 0.304 e. The van der Waals surface area contributed by atoms with Crippen molar-refractivity contribution in [2.24, 2.45) is 0 Å². The van der Waals surface area contributed by atoms with E-state index in [-0.39, 0.29) is 12.3 Å². The van der Waals surface area contributed by atoms with Crippen molar-refractivity contribution in [1.29, 1.82) is 0 Å². The minimum Gasteiger partial charge on any atom is -0.481 e. The molecule has 84 valence electrons. The van der Waals surface area contributed by atoms with Crippen LogP contribution in [0.1, 0.15) is 23.9 Å². The minimum absolute atomic E-state index is 0.000463. The SMILES string of the molecule is O=C(O)CC(c1ccc[nH]1)c1ncc(Br)[nH]1. The first-order valence-electron chi connectivity index (χ1n) is 4.72. The maximum absolute atomic E-state index is 10.8. The van der Waals surface area contributed by atoms with Gasteiger partial charge in [0.1, 0.15) is 10.4 Å². The molecule has 2 aromatic rings. The lowest BCUT2D eigenvalue weighted by molar-refractivity contribution is -0.137. The van der Waals surface area contributed by atoms with Gasteiger partial charge in [0.2, 0.25) is 0 Å². The molecule has 2 aromatic heterocycles. The summed E-state index contributed by atoms with van der Waals surface area (Å²) in [6.07, 6.45) is 3.38. The number of carboxylic acids is 1. The largest absolute Gasteiger partial charge is 0.481 e. The van der Waals surface area contributed by atoms with Gasteiger partial charge in [0.15, 0.2) is 0 Å². The normalized spacial score (nSPS) is 12.6. The Morgan fingerprint density at radius 3 is 2.94 bits per heavy atom. The summed E-state index contributed by atoms with van der Waals surface area (Å²) in [5, 5.41) is 8.88. The number of H-pyrrole nitrogens is 2. The maximum Gasteiger partial charge on any atom is 0.304 e. The fraction of sp³-hybridized carbons (Fsp3) is 0.200. The number of aromatic amines is 2. The average molecular weight is 284 g/mol. The molecule has 2 heterocycles. The highest BCUT2D eigenvalue weighted by Crippen LogP contribution is 2.25. The van der Waals surface area contributed by atoms with E-state index in [1.807, 2.05) is 12.1 Å². The highest BCUT2D eigenvalue weighted by atomic mass is 79.9. The van der Waals surface area contributed by atoms with Gasteiger partial charge in [0, 0.05) is 11.9 Å². The van der Waals surface area contributed by atoms with Crippen molar-refractivity contribution in [2.75, 3.05) is 0 Å². The molecule has 0 saturated heterocycles. The van der Waals surface area contributed by atoms with Crippen molar-refractivity contribution in [2.45, 2.75) is 12.3 Å². The predicted octanol–water partition coefficient (Wildman–Crippen LogP) is 2.11. The molecule has 0 aliphatic carbocycles. The molecule has 5 nitrogen and oxygen atoms in total. The third-order valence-electron chi connectivity index (χ3n) is 2.27. The zero-order valence-electron chi connectivity index (χ0n) is 8.27. The third kappa shape index (κ3) is 2.33. The Hall–Kier alpha value is -1.56. The van der Waals surface area contributed by atoms with Gasteiger partial charge in [0.05, 0.1) is 18.5 Å². The number of nitrogens with zero attached hydrogens (tertiary/aromatic N) is 1. The van der Waals surface area contributed by atoms with Crippen LogP contribution in [0, 0.1) is 0 Å². The quantitative estimate of drug-likeness (QED) is 0.804. The molecule has 0 bridgehead atoms. The van der Waals surface area contributed by atoms with E-state index in [2.05, 4.69) is 30.9 Å². The van der Waals surface area contributed by atoms with Gasteiger partial charge in [0.25, 0.3) is 0 Å². The fourth-order valence-corrected chi connectivity index (χ4v) is 1.89. The molecule has 0 fully saturated rings. The van der Waals surface area contributed by atoms with Crippen LogP contribution in [0.4, 0.5) is 0 Å². The fourth-order valence-electron chi connectivity index (χ4n) is 1.58. The minimum atomic E-state index is -0.855. The van der Waals surface area contributed by atoms with E-state index in [1.54, 1.807) is 12.4 Å². The van der Waals surface area contributed by atoms with Gasteiger partial charge in [-0.25, -0.2) is 4.98 Å². The van der Waals surface area contributed by atoms with Crippen LogP contribution in [0.25, 0.3) is 0 Å². The number of hydrogen-bond donors (Lipinski definition) is 3. The molecule has 2 rings (SSSR count). The summed E-state index contributed by atoms with van der Waals surface area (Å²) in [5.74, 6) is -0.498. The molecule has 0 aliphatic heterocycles. The third-order valence-corrected chi connectivity index (χ3v) is 2.67. The van der Waals surface area contributed by atoms with E-state index in [9.17, 15) is 4.79 Å². The first-order chi connectivity index (χ1) is 7.66. The summed E-state index contributed by atoms with van der Waals surface area (Å²) in [6.45, 7) is 0. The number of aromatic nitrogens is 3. The second-order valence-corrected chi connectivity index (χ2v) is 4.25. The van der Waals surface area contributed by atoms with E-state index in [0.717, 1.165) is 10.3 Å². The first kappa shape index (κ1) is 10.9. The summed E-state index contributed by atoms with van der Waals surface area (Å²) in [7, 11) is 0. The molecule has 1 unspecified atom stereocenters. The number of aliphatic carboxylic acids is 1. The molecule has 0 radical (unpaired) electrons. The van der Waals surface area contributed by atoms with E-state index < -0.39 is 5.97 Å². The molecular formula is C10H10BrN3O2. The number of carboxylic acid groups (broad SMARTS) is 1. The summed E-state index contributed by atoms with van der Waals surface area (Å²) in [4.78, 5) is 21.0. The van der Waals surface area contributed by atoms with Crippen molar-refractivity contribution < 1.29 is 9.90 Å². The second-order valence-electron chi connectivity index (χ2n) is 3.39. The number of nitrogens with one attached hydrogen (secondary N) is 2. The van der Waals surface area contributed by atoms with Crippen LogP contribution in [0.2, 0.25) is 0 Å².